The van der Waals surface area contributed by atoms with Gasteiger partial charge in [-0.3, -0.25) is 9.59 Å². The molecule has 0 saturated carbocycles. The van der Waals surface area contributed by atoms with Crippen LogP contribution in [0, 0.1) is 11.3 Å². The van der Waals surface area contributed by atoms with Gasteiger partial charge in [0.05, 0.1) is 18.1 Å². The first-order chi connectivity index (χ1) is 9.01. The molecule has 2 atom stereocenters. The van der Waals surface area contributed by atoms with Crippen molar-refractivity contribution in [2.45, 2.75) is 72.5 Å². The minimum Gasteiger partial charge on any atom is -0.393 e. The monoisotopic (exact) mass is 288 g/mol. The van der Waals surface area contributed by atoms with E-state index < -0.39 is 24.1 Å². The van der Waals surface area contributed by atoms with Crippen molar-refractivity contribution in [3.63, 3.8) is 0 Å². The first-order valence-corrected chi connectivity index (χ1v) is 7.12. The van der Waals surface area contributed by atoms with Gasteiger partial charge in [0.15, 0.2) is 0 Å². The smallest absolute Gasteiger partial charge is 0.316 e. The average molecular weight is 288 g/mol. The fourth-order valence-corrected chi connectivity index (χ4v) is 1.79. The highest BCUT2D eigenvalue weighted by atomic mass is 16.6. The Morgan fingerprint density at radius 2 is 1.65 bits per heavy atom. The normalized spacial score (nSPS) is 15.0. The number of aliphatic hydroxyl groups is 2. The lowest BCUT2D eigenvalue weighted by atomic mass is 9.87. The Morgan fingerprint density at radius 1 is 1.10 bits per heavy atom. The van der Waals surface area contributed by atoms with Crippen LogP contribution in [0.15, 0.2) is 0 Å². The van der Waals surface area contributed by atoms with E-state index in [-0.39, 0.29) is 30.6 Å². The van der Waals surface area contributed by atoms with Gasteiger partial charge >= 0.3 is 11.9 Å². The van der Waals surface area contributed by atoms with Crippen LogP contribution in [0.3, 0.4) is 0 Å². The number of rotatable bonds is 7. The number of hydrogen-bond acceptors (Lipinski definition) is 5. The van der Waals surface area contributed by atoms with Crippen molar-refractivity contribution in [3.05, 3.63) is 0 Å². The van der Waals surface area contributed by atoms with Crippen molar-refractivity contribution in [1.82, 2.24) is 0 Å². The Bertz CT molecular complexity index is 317. The van der Waals surface area contributed by atoms with Gasteiger partial charge in [0.2, 0.25) is 0 Å². The lowest BCUT2D eigenvalue weighted by Crippen LogP contribution is -2.24. The molecule has 5 heteroatoms. The van der Waals surface area contributed by atoms with Crippen LogP contribution in [0.4, 0.5) is 0 Å². The Labute approximate surface area is 121 Å². The zero-order valence-corrected chi connectivity index (χ0v) is 13.2. The van der Waals surface area contributed by atoms with Gasteiger partial charge in [-0.15, -0.1) is 0 Å². The van der Waals surface area contributed by atoms with E-state index in [1.54, 1.807) is 13.8 Å². The Kier molecular flexibility index (Phi) is 7.98. The molecular weight excluding hydrogens is 260 g/mol. The Balaban J connectivity index is 3.96. The Morgan fingerprint density at radius 3 is 2.10 bits per heavy atom. The van der Waals surface area contributed by atoms with Crippen molar-refractivity contribution in [2.75, 3.05) is 0 Å². The molecule has 0 spiro atoms. The molecule has 2 N–H and O–H groups in total. The summed E-state index contributed by atoms with van der Waals surface area (Å²) in [6.45, 7) is 9.33. The van der Waals surface area contributed by atoms with E-state index in [1.165, 1.54) is 0 Å². The highest BCUT2D eigenvalue weighted by Gasteiger charge is 2.21. The summed E-state index contributed by atoms with van der Waals surface area (Å²) >= 11 is 0. The van der Waals surface area contributed by atoms with Gasteiger partial charge in [0.1, 0.15) is 0 Å². The predicted octanol–water partition coefficient (Wildman–Crippen LogP) is 2.04. The van der Waals surface area contributed by atoms with Crippen LogP contribution in [0.1, 0.15) is 60.3 Å². The largest absolute Gasteiger partial charge is 0.393 e. The quantitative estimate of drug-likeness (QED) is 0.553. The van der Waals surface area contributed by atoms with E-state index in [0.717, 1.165) is 0 Å². The van der Waals surface area contributed by atoms with Crippen LogP contribution < -0.4 is 0 Å². The minimum absolute atomic E-state index is 0.0122. The van der Waals surface area contributed by atoms with Crippen molar-refractivity contribution in [2.24, 2.45) is 11.3 Å². The van der Waals surface area contributed by atoms with Crippen LogP contribution in [-0.2, 0) is 14.3 Å². The second-order valence-corrected chi connectivity index (χ2v) is 6.79. The molecule has 0 amide bonds. The lowest BCUT2D eigenvalue weighted by Gasteiger charge is -2.23. The summed E-state index contributed by atoms with van der Waals surface area (Å²) < 4.78 is 4.60. The van der Waals surface area contributed by atoms with Gasteiger partial charge < -0.3 is 14.9 Å². The van der Waals surface area contributed by atoms with Crippen LogP contribution in [-0.4, -0.2) is 34.4 Å². The fourth-order valence-electron chi connectivity index (χ4n) is 1.79. The van der Waals surface area contributed by atoms with Gasteiger partial charge in [-0.1, -0.05) is 34.6 Å². The topological polar surface area (TPSA) is 83.8 Å². The number of hydrogen-bond donors (Lipinski definition) is 2. The highest BCUT2D eigenvalue weighted by molar-refractivity contribution is 5.86. The maximum absolute atomic E-state index is 11.4. The number of aliphatic hydroxyl groups excluding tert-OH is 2. The van der Waals surface area contributed by atoms with Crippen molar-refractivity contribution in [1.29, 1.82) is 0 Å². The van der Waals surface area contributed by atoms with E-state index in [4.69, 9.17) is 0 Å². The van der Waals surface area contributed by atoms with Crippen LogP contribution in [0.5, 0.6) is 0 Å². The number of carbonyl (C=O) groups is 2. The minimum atomic E-state index is -0.769. The highest BCUT2D eigenvalue weighted by Crippen LogP contribution is 2.23. The van der Waals surface area contributed by atoms with Crippen LogP contribution in [0.2, 0.25) is 0 Å². The molecule has 0 saturated heterocycles. The summed E-state index contributed by atoms with van der Waals surface area (Å²) in [6, 6.07) is 0. The predicted molar refractivity (Wildman–Crippen MR) is 75.9 cm³/mol. The van der Waals surface area contributed by atoms with Gasteiger partial charge in [0.25, 0.3) is 0 Å². The van der Waals surface area contributed by atoms with Gasteiger partial charge in [-0.25, -0.2) is 0 Å². The fraction of sp³-hybridized carbons (Fsp3) is 0.867. The van der Waals surface area contributed by atoms with Gasteiger partial charge in [0, 0.05) is 6.42 Å². The molecule has 5 nitrogen and oxygen atoms in total. The van der Waals surface area contributed by atoms with Gasteiger partial charge in [-0.05, 0) is 24.7 Å². The van der Waals surface area contributed by atoms with E-state index in [1.807, 2.05) is 20.8 Å². The third-order valence-electron chi connectivity index (χ3n) is 2.76. The van der Waals surface area contributed by atoms with Crippen molar-refractivity contribution >= 4 is 11.9 Å². The van der Waals surface area contributed by atoms with Gasteiger partial charge in [-0.2, -0.15) is 0 Å². The molecule has 2 unspecified atom stereocenters. The summed E-state index contributed by atoms with van der Waals surface area (Å²) in [5, 5.41) is 19.6. The third kappa shape index (κ3) is 9.92. The van der Waals surface area contributed by atoms with E-state index >= 15 is 0 Å². The standard InChI is InChI=1S/C15H28O5/c1-10(2)14(19)20-13(18)7-6-11(16)8-12(17)9-15(3,4)5/h10-12,16-17H,6-9H2,1-5H3. The molecule has 118 valence electrons. The number of esters is 2. The van der Waals surface area contributed by atoms with Crippen molar-refractivity contribution < 1.29 is 24.5 Å². The van der Waals surface area contributed by atoms with Crippen molar-refractivity contribution in [3.8, 4) is 0 Å². The summed E-state index contributed by atoms with van der Waals surface area (Å²) in [5.74, 6) is -1.54. The molecule has 0 aliphatic rings. The first-order valence-electron chi connectivity index (χ1n) is 7.12. The summed E-state index contributed by atoms with van der Waals surface area (Å²) in [7, 11) is 0. The molecular formula is C15H28O5. The number of carbonyl (C=O) groups excluding carboxylic acids is 2. The zero-order valence-electron chi connectivity index (χ0n) is 13.2. The molecule has 0 aromatic rings. The first kappa shape index (κ1) is 19.1. The Hall–Kier alpha value is -0.940. The van der Waals surface area contributed by atoms with Crippen LogP contribution >= 0.6 is 0 Å². The second-order valence-electron chi connectivity index (χ2n) is 6.79. The third-order valence-corrected chi connectivity index (χ3v) is 2.76. The molecule has 0 aromatic heterocycles. The summed E-state index contributed by atoms with van der Waals surface area (Å²) in [5.41, 5.74) is -0.0122. The molecule has 20 heavy (non-hydrogen) atoms. The van der Waals surface area contributed by atoms with E-state index in [9.17, 15) is 19.8 Å². The molecule has 0 bridgehead atoms. The summed E-state index contributed by atoms with van der Waals surface area (Å²) in [6.07, 6.45) is -0.400. The van der Waals surface area contributed by atoms with Crippen LogP contribution in [0.25, 0.3) is 0 Å². The molecule has 0 aliphatic carbocycles. The van der Waals surface area contributed by atoms with E-state index in [2.05, 4.69) is 4.74 Å². The maximum Gasteiger partial charge on any atom is 0.316 e. The maximum atomic E-state index is 11.4. The molecule has 0 aliphatic heterocycles. The van der Waals surface area contributed by atoms with E-state index in [0.29, 0.717) is 6.42 Å². The summed E-state index contributed by atoms with van der Waals surface area (Å²) in [4.78, 5) is 22.5. The lowest BCUT2D eigenvalue weighted by molar-refractivity contribution is -0.162. The molecule has 0 heterocycles. The molecule has 0 fully saturated rings. The number of ether oxygens (including phenoxy) is 1. The second kappa shape index (κ2) is 8.37. The molecule has 0 rings (SSSR count). The zero-order chi connectivity index (χ0) is 15.9. The SMILES string of the molecule is CC(C)C(=O)OC(=O)CCC(O)CC(O)CC(C)(C)C. The average Bonchev–Trinajstić information content (AvgIpc) is 2.23. The molecule has 0 radical (unpaired) electrons. The molecule has 0 aromatic carbocycles.